The maximum Gasteiger partial charge on any atom is -0.00650 e. The van der Waals surface area contributed by atoms with Crippen molar-refractivity contribution in [1.82, 2.24) is 0 Å². The summed E-state index contributed by atoms with van der Waals surface area (Å²) in [4.78, 5) is 0. The van der Waals surface area contributed by atoms with E-state index in [1.165, 1.54) is 18.6 Å². The lowest BCUT2D eigenvalue weighted by Gasteiger charge is -2.05. The third-order valence-electron chi connectivity index (χ3n) is 1.60. The third-order valence-corrected chi connectivity index (χ3v) is 2.41. The zero-order valence-corrected chi connectivity index (χ0v) is 7.34. The van der Waals surface area contributed by atoms with E-state index < -0.39 is 0 Å². The van der Waals surface area contributed by atoms with Crippen LogP contribution in [0.15, 0.2) is 0 Å². The first-order chi connectivity index (χ1) is 4.31. The van der Waals surface area contributed by atoms with Crippen LogP contribution < -0.4 is 0 Å². The quantitative estimate of drug-likeness (QED) is 0.536. The van der Waals surface area contributed by atoms with Crippen molar-refractivity contribution in [3.63, 3.8) is 0 Å². The number of thioether (sulfide) groups is 1. The van der Waals surface area contributed by atoms with Gasteiger partial charge in [-0.1, -0.05) is 20.3 Å². The fourth-order valence-corrected chi connectivity index (χ4v) is 1.36. The molecule has 0 fully saturated rings. The van der Waals surface area contributed by atoms with Gasteiger partial charge in [0.05, 0.1) is 0 Å². The molecule has 0 heterocycles. The van der Waals surface area contributed by atoms with E-state index in [4.69, 9.17) is 0 Å². The first-order valence-electron chi connectivity index (χ1n) is 3.68. The molecule has 0 saturated heterocycles. The van der Waals surface area contributed by atoms with E-state index in [9.17, 15) is 0 Å². The van der Waals surface area contributed by atoms with Gasteiger partial charge in [-0.3, -0.25) is 0 Å². The lowest BCUT2D eigenvalue weighted by Crippen LogP contribution is -1.93. The van der Waals surface area contributed by atoms with E-state index in [1.54, 1.807) is 0 Å². The summed E-state index contributed by atoms with van der Waals surface area (Å²) in [5.41, 5.74) is 0. The standard InChI is InChI=1S/C8H17S/c1-4-8(3)6-7-9-5-2/h8H,2,4-7H2,1,3H3. The van der Waals surface area contributed by atoms with Crippen LogP contribution in [0.4, 0.5) is 0 Å². The number of rotatable bonds is 5. The molecule has 0 saturated carbocycles. The highest BCUT2D eigenvalue weighted by Crippen LogP contribution is 2.10. The van der Waals surface area contributed by atoms with Crippen LogP contribution in [0.5, 0.6) is 0 Å². The Balaban J connectivity index is 2.88. The highest BCUT2D eigenvalue weighted by atomic mass is 32.2. The first kappa shape index (κ1) is 9.35. The van der Waals surface area contributed by atoms with Gasteiger partial charge in [-0.05, 0) is 30.8 Å². The van der Waals surface area contributed by atoms with Crippen molar-refractivity contribution in [2.24, 2.45) is 5.92 Å². The van der Waals surface area contributed by atoms with E-state index in [0.717, 1.165) is 11.7 Å². The molecule has 0 aromatic rings. The van der Waals surface area contributed by atoms with Gasteiger partial charge in [0, 0.05) is 0 Å². The lowest BCUT2D eigenvalue weighted by molar-refractivity contribution is 0.549. The highest BCUT2D eigenvalue weighted by Gasteiger charge is 1.96. The molecule has 55 valence electrons. The topological polar surface area (TPSA) is 0 Å². The Morgan fingerprint density at radius 1 is 1.56 bits per heavy atom. The highest BCUT2D eigenvalue weighted by molar-refractivity contribution is 7.99. The van der Waals surface area contributed by atoms with Crippen molar-refractivity contribution in [2.75, 3.05) is 11.5 Å². The molecule has 0 aliphatic carbocycles. The molecule has 0 aliphatic rings. The van der Waals surface area contributed by atoms with Gasteiger partial charge in [-0.15, -0.1) is 0 Å². The monoisotopic (exact) mass is 145 g/mol. The van der Waals surface area contributed by atoms with Crippen molar-refractivity contribution < 1.29 is 0 Å². The summed E-state index contributed by atoms with van der Waals surface area (Å²) in [6, 6.07) is 0. The molecule has 1 radical (unpaired) electrons. The molecule has 0 bridgehead atoms. The van der Waals surface area contributed by atoms with Gasteiger partial charge in [-0.2, -0.15) is 11.8 Å². The van der Waals surface area contributed by atoms with Gasteiger partial charge >= 0.3 is 0 Å². The fraction of sp³-hybridized carbons (Fsp3) is 0.875. The molecule has 0 amide bonds. The molecular weight excluding hydrogens is 128 g/mol. The largest absolute Gasteiger partial charge is 0.162 e. The predicted octanol–water partition coefficient (Wildman–Crippen LogP) is 2.99. The van der Waals surface area contributed by atoms with Crippen LogP contribution in [-0.4, -0.2) is 11.5 Å². The molecular formula is C8H17S. The van der Waals surface area contributed by atoms with Crippen LogP contribution in [-0.2, 0) is 0 Å². The maximum atomic E-state index is 3.77. The molecule has 0 rings (SSSR count). The SMILES string of the molecule is [CH2]CSCCC(C)CC. The second-order valence-corrected chi connectivity index (χ2v) is 3.64. The van der Waals surface area contributed by atoms with E-state index in [0.29, 0.717) is 0 Å². The van der Waals surface area contributed by atoms with Crippen LogP contribution in [0.1, 0.15) is 26.7 Å². The molecule has 0 aromatic heterocycles. The minimum absolute atomic E-state index is 0.907. The molecule has 1 unspecified atom stereocenters. The zero-order chi connectivity index (χ0) is 7.11. The van der Waals surface area contributed by atoms with Gasteiger partial charge in [-0.25, -0.2) is 0 Å². The smallest absolute Gasteiger partial charge is 0.00650 e. The predicted molar refractivity (Wildman–Crippen MR) is 46.8 cm³/mol. The molecule has 1 heteroatoms. The Kier molecular flexibility index (Phi) is 6.72. The average Bonchev–Trinajstić information content (AvgIpc) is 1.89. The van der Waals surface area contributed by atoms with Crippen molar-refractivity contribution in [3.05, 3.63) is 6.92 Å². The van der Waals surface area contributed by atoms with Gasteiger partial charge in [0.2, 0.25) is 0 Å². The van der Waals surface area contributed by atoms with Gasteiger partial charge in [0.15, 0.2) is 0 Å². The van der Waals surface area contributed by atoms with E-state index in [2.05, 4.69) is 20.8 Å². The van der Waals surface area contributed by atoms with Crippen LogP contribution >= 0.6 is 11.8 Å². The number of hydrogen-bond acceptors (Lipinski definition) is 1. The van der Waals surface area contributed by atoms with Gasteiger partial charge < -0.3 is 0 Å². The Labute approximate surface area is 63.4 Å². The molecule has 1 atom stereocenters. The van der Waals surface area contributed by atoms with E-state index in [1.807, 2.05) is 11.8 Å². The second-order valence-electron chi connectivity index (χ2n) is 2.41. The van der Waals surface area contributed by atoms with Crippen LogP contribution in [0.3, 0.4) is 0 Å². The Bertz CT molecular complexity index is 52.5. The Hall–Kier alpha value is 0.350. The minimum atomic E-state index is 0.907. The van der Waals surface area contributed by atoms with E-state index in [-0.39, 0.29) is 0 Å². The van der Waals surface area contributed by atoms with E-state index >= 15 is 0 Å². The third kappa shape index (κ3) is 6.23. The first-order valence-corrected chi connectivity index (χ1v) is 4.83. The summed E-state index contributed by atoms with van der Waals surface area (Å²) < 4.78 is 0. The van der Waals surface area contributed by atoms with Crippen LogP contribution in [0.25, 0.3) is 0 Å². The van der Waals surface area contributed by atoms with Crippen molar-refractivity contribution in [2.45, 2.75) is 26.7 Å². The molecule has 0 N–H and O–H groups in total. The van der Waals surface area contributed by atoms with Gasteiger partial charge in [0.1, 0.15) is 0 Å². The molecule has 0 aromatic carbocycles. The molecule has 9 heavy (non-hydrogen) atoms. The van der Waals surface area contributed by atoms with Crippen molar-refractivity contribution in [3.8, 4) is 0 Å². The summed E-state index contributed by atoms with van der Waals surface area (Å²) in [7, 11) is 0. The van der Waals surface area contributed by atoms with Crippen molar-refractivity contribution in [1.29, 1.82) is 0 Å². The van der Waals surface area contributed by atoms with Crippen molar-refractivity contribution >= 4 is 11.8 Å². The average molecular weight is 145 g/mol. The maximum absolute atomic E-state index is 3.77. The van der Waals surface area contributed by atoms with Crippen LogP contribution in [0.2, 0.25) is 0 Å². The lowest BCUT2D eigenvalue weighted by atomic mass is 10.1. The second kappa shape index (κ2) is 6.47. The normalized spacial score (nSPS) is 13.7. The molecule has 0 aliphatic heterocycles. The Morgan fingerprint density at radius 2 is 2.22 bits per heavy atom. The molecule has 0 nitrogen and oxygen atoms in total. The summed E-state index contributed by atoms with van der Waals surface area (Å²) in [6.45, 7) is 8.33. The summed E-state index contributed by atoms with van der Waals surface area (Å²) >= 11 is 1.94. The van der Waals surface area contributed by atoms with Gasteiger partial charge in [0.25, 0.3) is 0 Å². The zero-order valence-electron chi connectivity index (χ0n) is 6.52. The van der Waals surface area contributed by atoms with Crippen LogP contribution in [0, 0.1) is 12.8 Å². The summed E-state index contributed by atoms with van der Waals surface area (Å²) in [6.07, 6.45) is 2.67. The molecule has 0 spiro atoms. The number of hydrogen-bond donors (Lipinski definition) is 0. The fourth-order valence-electron chi connectivity index (χ4n) is 0.591. The summed E-state index contributed by atoms with van der Waals surface area (Å²) in [5, 5.41) is 0. The summed E-state index contributed by atoms with van der Waals surface area (Å²) in [5.74, 6) is 3.22. The minimum Gasteiger partial charge on any atom is -0.162 e. The Morgan fingerprint density at radius 3 is 2.67 bits per heavy atom.